The third-order valence-corrected chi connectivity index (χ3v) is 5.03. The van der Waals surface area contributed by atoms with Gasteiger partial charge in [0.1, 0.15) is 12.4 Å². The molecule has 6 nitrogen and oxygen atoms in total. The lowest BCUT2D eigenvalue weighted by atomic mass is 10.1. The number of piperazine rings is 1. The van der Waals surface area contributed by atoms with E-state index in [1.807, 2.05) is 30.3 Å². The molecule has 2 heterocycles. The zero-order valence-electron chi connectivity index (χ0n) is 15.9. The van der Waals surface area contributed by atoms with Crippen molar-refractivity contribution < 1.29 is 18.3 Å². The van der Waals surface area contributed by atoms with Gasteiger partial charge in [0.15, 0.2) is 5.82 Å². The Morgan fingerprint density at radius 3 is 2.59 bits per heavy atom. The van der Waals surface area contributed by atoms with Crippen LogP contribution in [0.4, 0.5) is 8.78 Å². The number of para-hydroxylation sites is 1. The number of carbonyl (C=O) groups is 1. The molecule has 8 heteroatoms. The van der Waals surface area contributed by atoms with E-state index in [2.05, 4.69) is 14.9 Å². The van der Waals surface area contributed by atoms with Crippen LogP contribution < -0.4 is 4.74 Å². The van der Waals surface area contributed by atoms with E-state index in [1.165, 1.54) is 0 Å². The van der Waals surface area contributed by atoms with Gasteiger partial charge >= 0.3 is 0 Å². The van der Waals surface area contributed by atoms with Gasteiger partial charge in [-0.15, -0.1) is 0 Å². The molecule has 1 amide bonds. The van der Waals surface area contributed by atoms with Crippen LogP contribution in [0.2, 0.25) is 0 Å². The number of fused-ring (bicyclic) bond motifs is 1. The molecule has 0 bridgehead atoms. The minimum absolute atomic E-state index is 0.0970. The number of imidazole rings is 1. The molecule has 29 heavy (non-hydrogen) atoms. The zero-order valence-corrected chi connectivity index (χ0v) is 15.9. The van der Waals surface area contributed by atoms with Crippen molar-refractivity contribution in [3.05, 3.63) is 59.9 Å². The molecule has 0 saturated carbocycles. The summed E-state index contributed by atoms with van der Waals surface area (Å²) in [6, 6.07) is 14.5. The van der Waals surface area contributed by atoms with Crippen molar-refractivity contribution in [1.29, 1.82) is 0 Å². The highest BCUT2D eigenvalue weighted by molar-refractivity contribution is 5.97. The van der Waals surface area contributed by atoms with Gasteiger partial charge in [-0.1, -0.05) is 18.2 Å². The van der Waals surface area contributed by atoms with Crippen LogP contribution in [0.1, 0.15) is 22.6 Å². The molecule has 0 radical (unpaired) electrons. The number of nitrogens with one attached hydrogen (secondary N) is 1. The first-order valence-corrected chi connectivity index (χ1v) is 9.57. The topological polar surface area (TPSA) is 61.5 Å². The molecular formula is C21H22F2N4O2. The number of amides is 1. The fourth-order valence-corrected chi connectivity index (χ4v) is 3.43. The number of aromatic amines is 1. The molecule has 0 spiro atoms. The third-order valence-electron chi connectivity index (χ3n) is 5.03. The molecule has 1 N–H and O–H groups in total. The smallest absolute Gasteiger partial charge is 0.295 e. The van der Waals surface area contributed by atoms with E-state index in [4.69, 9.17) is 4.74 Å². The summed E-state index contributed by atoms with van der Waals surface area (Å²) in [6.07, 6.45) is -2.67. The zero-order chi connectivity index (χ0) is 20.2. The van der Waals surface area contributed by atoms with E-state index in [-0.39, 0.29) is 11.7 Å². The molecule has 1 aliphatic rings. The summed E-state index contributed by atoms with van der Waals surface area (Å²) in [5.41, 5.74) is 1.35. The second-order valence-corrected chi connectivity index (χ2v) is 6.95. The Morgan fingerprint density at radius 2 is 1.86 bits per heavy atom. The number of ether oxygens (including phenoxy) is 1. The largest absolute Gasteiger partial charge is 0.492 e. The number of hydrogen-bond donors (Lipinski definition) is 1. The van der Waals surface area contributed by atoms with Crippen LogP contribution in [0.15, 0.2) is 48.5 Å². The average Bonchev–Trinajstić information content (AvgIpc) is 3.18. The maximum Gasteiger partial charge on any atom is 0.295 e. The molecule has 1 aliphatic heterocycles. The molecule has 0 aliphatic carbocycles. The van der Waals surface area contributed by atoms with E-state index in [9.17, 15) is 13.6 Å². The highest BCUT2D eigenvalue weighted by Gasteiger charge is 2.23. The first-order chi connectivity index (χ1) is 14.1. The predicted molar refractivity (Wildman–Crippen MR) is 105 cm³/mol. The molecule has 2 aromatic carbocycles. The van der Waals surface area contributed by atoms with Gasteiger partial charge in [0, 0.05) is 38.3 Å². The highest BCUT2D eigenvalue weighted by Crippen LogP contribution is 2.21. The number of benzene rings is 2. The lowest BCUT2D eigenvalue weighted by Gasteiger charge is -2.34. The van der Waals surface area contributed by atoms with E-state index in [0.717, 1.165) is 25.4 Å². The molecule has 0 unspecified atom stereocenters. The Hall–Kier alpha value is -3.00. The van der Waals surface area contributed by atoms with Crippen molar-refractivity contribution in [3.8, 4) is 5.75 Å². The molecule has 3 aromatic rings. The van der Waals surface area contributed by atoms with Gasteiger partial charge in [-0.3, -0.25) is 9.69 Å². The summed E-state index contributed by atoms with van der Waals surface area (Å²) in [6.45, 7) is 4.17. The van der Waals surface area contributed by atoms with Crippen molar-refractivity contribution in [3.63, 3.8) is 0 Å². The van der Waals surface area contributed by atoms with Crippen molar-refractivity contribution >= 4 is 16.9 Å². The predicted octanol–water partition coefficient (Wildman–Crippen LogP) is 3.34. The maximum absolute atomic E-state index is 12.8. The monoisotopic (exact) mass is 400 g/mol. The Balaban J connectivity index is 1.30. The number of alkyl halides is 2. The van der Waals surface area contributed by atoms with E-state index in [0.29, 0.717) is 36.3 Å². The summed E-state index contributed by atoms with van der Waals surface area (Å²) >= 11 is 0. The van der Waals surface area contributed by atoms with Crippen LogP contribution in [-0.2, 0) is 0 Å². The summed E-state index contributed by atoms with van der Waals surface area (Å²) < 4.78 is 31.3. The first-order valence-electron chi connectivity index (χ1n) is 9.57. The quantitative estimate of drug-likeness (QED) is 0.690. The van der Waals surface area contributed by atoms with Gasteiger partial charge in [-0.05, 0) is 30.3 Å². The van der Waals surface area contributed by atoms with E-state index >= 15 is 0 Å². The number of nitrogens with zero attached hydrogens (tertiary/aromatic N) is 3. The van der Waals surface area contributed by atoms with Crippen molar-refractivity contribution in [2.24, 2.45) is 0 Å². The van der Waals surface area contributed by atoms with Crippen LogP contribution >= 0.6 is 0 Å². The number of rotatable bonds is 6. The normalized spacial score (nSPS) is 15.2. The van der Waals surface area contributed by atoms with Crippen LogP contribution in [0.3, 0.4) is 0 Å². The Morgan fingerprint density at radius 1 is 1.10 bits per heavy atom. The summed E-state index contributed by atoms with van der Waals surface area (Å²) in [7, 11) is 0. The van der Waals surface area contributed by atoms with Crippen LogP contribution in [0.5, 0.6) is 5.75 Å². The molecule has 1 fully saturated rings. The minimum Gasteiger partial charge on any atom is -0.492 e. The fraction of sp³-hybridized carbons (Fsp3) is 0.333. The number of carbonyl (C=O) groups excluding carboxylic acids is 1. The first kappa shape index (κ1) is 19.3. The van der Waals surface area contributed by atoms with Crippen LogP contribution in [-0.4, -0.2) is 65.0 Å². The number of aromatic nitrogens is 2. The Bertz CT molecular complexity index is 969. The highest BCUT2D eigenvalue weighted by atomic mass is 19.3. The van der Waals surface area contributed by atoms with Crippen molar-refractivity contribution in [2.75, 3.05) is 39.3 Å². The standard InChI is InChI=1S/C21H22F2N4O2/c22-19(23)20-24-17-7-6-15(14-18(17)25-20)21(28)27-10-8-26(9-11-27)12-13-29-16-4-2-1-3-5-16/h1-7,14,19H,8-13H2,(H,24,25). The molecular weight excluding hydrogens is 378 g/mol. The minimum atomic E-state index is -2.67. The summed E-state index contributed by atoms with van der Waals surface area (Å²) in [5.74, 6) is 0.377. The van der Waals surface area contributed by atoms with E-state index < -0.39 is 6.43 Å². The van der Waals surface area contributed by atoms with Gasteiger partial charge in [-0.2, -0.15) is 0 Å². The Kier molecular flexibility index (Phi) is 5.71. The fourth-order valence-electron chi connectivity index (χ4n) is 3.43. The maximum atomic E-state index is 12.8. The number of halogens is 2. The lowest BCUT2D eigenvalue weighted by Crippen LogP contribution is -2.49. The Labute approximate surface area is 167 Å². The molecule has 1 saturated heterocycles. The second kappa shape index (κ2) is 8.57. The third kappa shape index (κ3) is 4.54. The van der Waals surface area contributed by atoms with Crippen LogP contribution in [0, 0.1) is 0 Å². The second-order valence-electron chi connectivity index (χ2n) is 6.95. The lowest BCUT2D eigenvalue weighted by molar-refractivity contribution is 0.0620. The summed E-state index contributed by atoms with van der Waals surface area (Å²) in [5, 5.41) is 0. The van der Waals surface area contributed by atoms with Crippen molar-refractivity contribution in [1.82, 2.24) is 19.8 Å². The molecule has 1 aromatic heterocycles. The van der Waals surface area contributed by atoms with Gasteiger partial charge in [0.25, 0.3) is 12.3 Å². The van der Waals surface area contributed by atoms with Gasteiger partial charge in [0.2, 0.25) is 0 Å². The summed E-state index contributed by atoms with van der Waals surface area (Å²) in [4.78, 5) is 23.3. The molecule has 152 valence electrons. The van der Waals surface area contributed by atoms with Gasteiger partial charge in [-0.25, -0.2) is 13.8 Å². The van der Waals surface area contributed by atoms with E-state index in [1.54, 1.807) is 23.1 Å². The molecule has 4 rings (SSSR count). The number of H-pyrrole nitrogens is 1. The number of hydrogen-bond acceptors (Lipinski definition) is 4. The van der Waals surface area contributed by atoms with Crippen LogP contribution in [0.25, 0.3) is 11.0 Å². The van der Waals surface area contributed by atoms with Gasteiger partial charge < -0.3 is 14.6 Å². The van der Waals surface area contributed by atoms with Crippen molar-refractivity contribution in [2.45, 2.75) is 6.43 Å². The SMILES string of the molecule is O=C(c1ccc2nc(C(F)F)[nH]c2c1)N1CCN(CCOc2ccccc2)CC1. The van der Waals surface area contributed by atoms with Gasteiger partial charge in [0.05, 0.1) is 11.0 Å². The molecule has 0 atom stereocenters. The average molecular weight is 400 g/mol.